The molecule has 0 bridgehead atoms. The van der Waals surface area contributed by atoms with Crippen LogP contribution in [-0.4, -0.2) is 18.7 Å². The summed E-state index contributed by atoms with van der Waals surface area (Å²) in [7, 11) is 1.65. The molecule has 0 aromatic heterocycles. The lowest BCUT2D eigenvalue weighted by Gasteiger charge is -2.33. The van der Waals surface area contributed by atoms with Gasteiger partial charge in [-0.3, -0.25) is 0 Å². The van der Waals surface area contributed by atoms with E-state index in [0.717, 1.165) is 6.42 Å². The van der Waals surface area contributed by atoms with E-state index in [1.54, 1.807) is 25.3 Å². The molecule has 0 N–H and O–H groups in total. The molecule has 1 unspecified atom stereocenters. The highest BCUT2D eigenvalue weighted by Crippen LogP contribution is 2.41. The average Bonchev–Trinajstić information content (AvgIpc) is 2.61. The maximum Gasteiger partial charge on any atom is 0.342 e. The van der Waals surface area contributed by atoms with Crippen molar-refractivity contribution >= 4 is 5.97 Å². The van der Waals surface area contributed by atoms with Crippen molar-refractivity contribution in [2.75, 3.05) is 7.11 Å². The van der Waals surface area contributed by atoms with Crippen molar-refractivity contribution in [3.8, 4) is 0 Å². The van der Waals surface area contributed by atoms with Crippen molar-refractivity contribution in [2.45, 2.75) is 52.6 Å². The van der Waals surface area contributed by atoms with Crippen LogP contribution in [0.4, 0.5) is 0 Å². The van der Waals surface area contributed by atoms with E-state index in [0.29, 0.717) is 5.56 Å². The Morgan fingerprint density at radius 1 is 1.19 bits per heavy atom. The lowest BCUT2D eigenvalue weighted by Crippen LogP contribution is -2.23. The van der Waals surface area contributed by atoms with E-state index in [1.165, 1.54) is 30.2 Å². The number of carbonyl (C=O) groups is 1. The van der Waals surface area contributed by atoms with Gasteiger partial charge in [0.05, 0.1) is 11.8 Å². The van der Waals surface area contributed by atoms with E-state index in [1.807, 2.05) is 31.2 Å². The van der Waals surface area contributed by atoms with Crippen LogP contribution in [0.15, 0.2) is 66.0 Å². The monoisotopic (exact) mass is 354 g/mol. The smallest absolute Gasteiger partial charge is 0.342 e. The molecule has 0 saturated carbocycles. The molecule has 1 atom stereocenters. The van der Waals surface area contributed by atoms with Gasteiger partial charge in [0.15, 0.2) is 0 Å². The van der Waals surface area contributed by atoms with E-state index in [-0.39, 0.29) is 11.4 Å². The number of allylic oxidation sites excluding steroid dienone is 3. The second kappa shape index (κ2) is 8.50. The normalized spacial score (nSPS) is 19.7. The Balaban J connectivity index is 2.09. The molecule has 1 aromatic rings. The Hall–Kier alpha value is -2.13. The summed E-state index contributed by atoms with van der Waals surface area (Å²) >= 11 is 0. The van der Waals surface area contributed by atoms with Crippen molar-refractivity contribution in [3.63, 3.8) is 0 Å². The van der Waals surface area contributed by atoms with Gasteiger partial charge in [-0.15, -0.1) is 0 Å². The van der Waals surface area contributed by atoms with Gasteiger partial charge >= 0.3 is 5.97 Å². The van der Waals surface area contributed by atoms with Crippen LogP contribution in [-0.2, 0) is 9.47 Å². The SMILES string of the molecule is COC(C)(C=COC(=O)c1ccccc1)C=CC1=C(C)CCCC1(C)C. The molecule has 2 rings (SSSR count). The summed E-state index contributed by atoms with van der Waals surface area (Å²) in [5.74, 6) is -0.378. The highest BCUT2D eigenvalue weighted by molar-refractivity contribution is 5.89. The Kier molecular flexibility index (Phi) is 6.60. The zero-order chi connectivity index (χ0) is 19.2. The van der Waals surface area contributed by atoms with Crippen LogP contribution < -0.4 is 0 Å². The highest BCUT2D eigenvalue weighted by Gasteiger charge is 2.27. The second-order valence-corrected chi connectivity index (χ2v) is 7.73. The minimum absolute atomic E-state index is 0.178. The van der Waals surface area contributed by atoms with Crippen LogP contribution >= 0.6 is 0 Å². The number of benzene rings is 1. The zero-order valence-electron chi connectivity index (χ0n) is 16.5. The van der Waals surface area contributed by atoms with Crippen molar-refractivity contribution in [1.29, 1.82) is 0 Å². The molecule has 0 aliphatic heterocycles. The zero-order valence-corrected chi connectivity index (χ0v) is 16.5. The molecule has 0 heterocycles. The number of carbonyl (C=O) groups excluding carboxylic acids is 1. The Morgan fingerprint density at radius 2 is 1.88 bits per heavy atom. The molecular formula is C23H30O3. The molecule has 0 radical (unpaired) electrons. The second-order valence-electron chi connectivity index (χ2n) is 7.73. The quantitative estimate of drug-likeness (QED) is 0.475. The summed E-state index contributed by atoms with van der Waals surface area (Å²) in [5.41, 5.74) is 2.88. The molecule has 140 valence electrons. The fourth-order valence-electron chi connectivity index (χ4n) is 3.32. The number of esters is 1. The van der Waals surface area contributed by atoms with Crippen LogP contribution in [0.3, 0.4) is 0 Å². The number of ether oxygens (including phenoxy) is 2. The molecule has 26 heavy (non-hydrogen) atoms. The van der Waals surface area contributed by atoms with Crippen LogP contribution in [0.5, 0.6) is 0 Å². The Bertz CT molecular complexity index is 710. The molecule has 3 nitrogen and oxygen atoms in total. The van der Waals surface area contributed by atoms with E-state index >= 15 is 0 Å². The van der Waals surface area contributed by atoms with Gasteiger partial charge in [-0.2, -0.15) is 0 Å². The maximum atomic E-state index is 12.0. The largest absolute Gasteiger partial charge is 0.431 e. The summed E-state index contributed by atoms with van der Waals surface area (Å²) in [6.07, 6.45) is 11.0. The van der Waals surface area contributed by atoms with Crippen molar-refractivity contribution in [1.82, 2.24) is 0 Å². The molecule has 1 aliphatic rings. The van der Waals surface area contributed by atoms with E-state index in [4.69, 9.17) is 9.47 Å². The molecular weight excluding hydrogens is 324 g/mol. The molecule has 1 aromatic carbocycles. The first-order valence-corrected chi connectivity index (χ1v) is 9.16. The average molecular weight is 354 g/mol. The fraction of sp³-hybridized carbons (Fsp3) is 0.435. The van der Waals surface area contributed by atoms with Gasteiger partial charge in [0, 0.05) is 7.11 Å². The van der Waals surface area contributed by atoms with Gasteiger partial charge in [-0.05, 0) is 68.4 Å². The first kappa shape index (κ1) is 20.2. The van der Waals surface area contributed by atoms with Crippen molar-refractivity contribution in [2.24, 2.45) is 5.41 Å². The third-order valence-corrected chi connectivity index (χ3v) is 5.15. The maximum absolute atomic E-state index is 12.0. The third-order valence-electron chi connectivity index (χ3n) is 5.15. The van der Waals surface area contributed by atoms with Crippen LogP contribution in [0, 0.1) is 5.41 Å². The summed E-state index contributed by atoms with van der Waals surface area (Å²) in [6.45, 7) is 8.73. The summed E-state index contributed by atoms with van der Waals surface area (Å²) in [6, 6.07) is 8.94. The molecule has 0 spiro atoms. The standard InChI is InChI=1S/C23H30O3/c1-18-10-9-14-22(2,3)20(18)13-15-23(4,25-5)16-17-26-21(24)19-11-7-6-8-12-19/h6-8,11-13,15-17H,9-10,14H2,1-5H3. The number of hydrogen-bond donors (Lipinski definition) is 0. The van der Waals surface area contributed by atoms with E-state index < -0.39 is 5.60 Å². The van der Waals surface area contributed by atoms with Gasteiger partial charge in [0.2, 0.25) is 0 Å². The molecule has 0 amide bonds. The Labute approximate surface area is 157 Å². The minimum atomic E-state index is -0.641. The molecule has 0 saturated heterocycles. The number of rotatable bonds is 6. The molecule has 1 aliphatic carbocycles. The van der Waals surface area contributed by atoms with E-state index in [9.17, 15) is 4.79 Å². The van der Waals surface area contributed by atoms with Crippen LogP contribution in [0.2, 0.25) is 0 Å². The lowest BCUT2D eigenvalue weighted by atomic mass is 9.72. The lowest BCUT2D eigenvalue weighted by molar-refractivity contribution is 0.0638. The van der Waals surface area contributed by atoms with Crippen LogP contribution in [0.25, 0.3) is 0 Å². The van der Waals surface area contributed by atoms with Gasteiger partial charge in [0.25, 0.3) is 0 Å². The van der Waals surface area contributed by atoms with Crippen molar-refractivity contribution < 1.29 is 14.3 Å². The minimum Gasteiger partial charge on any atom is -0.431 e. The summed E-state index contributed by atoms with van der Waals surface area (Å²) in [4.78, 5) is 12.0. The first-order chi connectivity index (χ1) is 12.3. The summed E-state index contributed by atoms with van der Waals surface area (Å²) < 4.78 is 10.9. The molecule has 3 heteroatoms. The first-order valence-electron chi connectivity index (χ1n) is 9.16. The predicted molar refractivity (Wildman–Crippen MR) is 106 cm³/mol. The predicted octanol–water partition coefficient (Wildman–Crippen LogP) is 5.85. The number of methoxy groups -OCH3 is 1. The summed E-state index contributed by atoms with van der Waals surface area (Å²) in [5, 5.41) is 0. The van der Waals surface area contributed by atoms with Gasteiger partial charge in [0.1, 0.15) is 5.60 Å². The van der Waals surface area contributed by atoms with Gasteiger partial charge < -0.3 is 9.47 Å². The highest BCUT2D eigenvalue weighted by atomic mass is 16.5. The number of hydrogen-bond acceptors (Lipinski definition) is 3. The topological polar surface area (TPSA) is 35.5 Å². The Morgan fingerprint density at radius 3 is 2.50 bits per heavy atom. The van der Waals surface area contributed by atoms with Gasteiger partial charge in [-0.1, -0.05) is 43.7 Å². The fourth-order valence-corrected chi connectivity index (χ4v) is 3.32. The van der Waals surface area contributed by atoms with E-state index in [2.05, 4.69) is 26.8 Å². The van der Waals surface area contributed by atoms with Crippen molar-refractivity contribution in [3.05, 3.63) is 71.5 Å². The van der Waals surface area contributed by atoms with Crippen LogP contribution in [0.1, 0.15) is 57.3 Å². The van der Waals surface area contributed by atoms with Gasteiger partial charge in [-0.25, -0.2) is 4.79 Å². The molecule has 0 fully saturated rings. The third kappa shape index (κ3) is 5.18.